The lowest BCUT2D eigenvalue weighted by Gasteiger charge is -2.22. The third-order valence-corrected chi connectivity index (χ3v) is 3.91. The Labute approximate surface area is 120 Å². The second kappa shape index (κ2) is 5.86. The van der Waals surface area contributed by atoms with E-state index in [1.165, 1.54) is 0 Å². The minimum Gasteiger partial charge on any atom is -0.375 e. The van der Waals surface area contributed by atoms with Crippen molar-refractivity contribution in [2.24, 2.45) is 0 Å². The number of aromatic amines is 1. The molecule has 0 radical (unpaired) electrons. The van der Waals surface area contributed by atoms with Gasteiger partial charge in [-0.2, -0.15) is 0 Å². The van der Waals surface area contributed by atoms with Gasteiger partial charge in [-0.3, -0.25) is 0 Å². The monoisotopic (exact) mass is 321 g/mol. The van der Waals surface area contributed by atoms with E-state index >= 15 is 0 Å². The number of benzene rings is 1. The Hall–Kier alpha value is -1.17. The number of rotatable bonds is 3. The minimum atomic E-state index is 0.215. The number of halogens is 1. The normalized spacial score (nSPS) is 19.5. The summed E-state index contributed by atoms with van der Waals surface area (Å²) in [4.78, 5) is 7.81. The molecule has 0 amide bonds. The number of H-pyrrole nitrogens is 1. The summed E-state index contributed by atoms with van der Waals surface area (Å²) >= 11 is 3.56. The fourth-order valence-electron chi connectivity index (χ4n) is 2.25. The smallest absolute Gasteiger partial charge is 0.109 e. The first-order valence-electron chi connectivity index (χ1n) is 6.44. The molecule has 0 bridgehead atoms. The highest BCUT2D eigenvalue weighted by molar-refractivity contribution is 9.10. The molecule has 2 aromatic rings. The summed E-state index contributed by atoms with van der Waals surface area (Å²) in [6, 6.07) is 8.13. The van der Waals surface area contributed by atoms with E-state index in [1.54, 1.807) is 0 Å². The molecule has 0 saturated carbocycles. The summed E-state index contributed by atoms with van der Waals surface area (Å²) in [7, 11) is 0. The van der Waals surface area contributed by atoms with Crippen molar-refractivity contribution in [3.8, 4) is 11.3 Å². The van der Waals surface area contributed by atoms with Crippen LogP contribution in [-0.2, 0) is 11.2 Å². The molecule has 1 aromatic heterocycles. The van der Waals surface area contributed by atoms with Crippen molar-refractivity contribution in [2.45, 2.75) is 12.5 Å². The van der Waals surface area contributed by atoms with E-state index in [2.05, 4.69) is 37.3 Å². The summed E-state index contributed by atoms with van der Waals surface area (Å²) in [5, 5.41) is 3.33. The number of imidazole rings is 1. The summed E-state index contributed by atoms with van der Waals surface area (Å²) in [6.07, 6.45) is 2.91. The maximum absolute atomic E-state index is 5.69. The molecule has 0 spiro atoms. The molecule has 1 saturated heterocycles. The Balaban J connectivity index is 1.74. The summed E-state index contributed by atoms with van der Waals surface area (Å²) in [6.45, 7) is 2.62. The number of nitrogens with one attached hydrogen (secondary N) is 2. The zero-order valence-electron chi connectivity index (χ0n) is 10.5. The topological polar surface area (TPSA) is 49.9 Å². The molecule has 1 unspecified atom stereocenters. The van der Waals surface area contributed by atoms with Crippen molar-refractivity contribution in [1.29, 1.82) is 0 Å². The quantitative estimate of drug-likeness (QED) is 0.912. The van der Waals surface area contributed by atoms with Crippen LogP contribution in [0.2, 0.25) is 0 Å². The van der Waals surface area contributed by atoms with E-state index < -0.39 is 0 Å². The fourth-order valence-corrected chi connectivity index (χ4v) is 2.75. The Bertz CT molecular complexity index is 549. The average molecular weight is 322 g/mol. The van der Waals surface area contributed by atoms with E-state index in [9.17, 15) is 0 Å². The largest absolute Gasteiger partial charge is 0.375 e. The van der Waals surface area contributed by atoms with Crippen LogP contribution >= 0.6 is 15.9 Å². The van der Waals surface area contributed by atoms with Gasteiger partial charge in [-0.05, 0) is 6.07 Å². The van der Waals surface area contributed by atoms with Gasteiger partial charge in [0.05, 0.1) is 24.6 Å². The summed E-state index contributed by atoms with van der Waals surface area (Å²) < 4.78 is 6.76. The number of hydrogen-bond donors (Lipinski definition) is 2. The molecule has 19 heavy (non-hydrogen) atoms. The highest BCUT2D eigenvalue weighted by atomic mass is 79.9. The van der Waals surface area contributed by atoms with Crippen LogP contribution in [-0.4, -0.2) is 35.8 Å². The van der Waals surface area contributed by atoms with E-state index in [0.29, 0.717) is 0 Å². The Morgan fingerprint density at radius 3 is 3.05 bits per heavy atom. The van der Waals surface area contributed by atoms with Gasteiger partial charge >= 0.3 is 0 Å². The van der Waals surface area contributed by atoms with Gasteiger partial charge in [0, 0.05) is 29.5 Å². The fraction of sp³-hybridized carbons (Fsp3) is 0.357. The number of aromatic nitrogens is 2. The minimum absolute atomic E-state index is 0.215. The predicted octanol–water partition coefficient (Wildman–Crippen LogP) is 2.37. The van der Waals surface area contributed by atoms with Crippen LogP contribution in [0.1, 0.15) is 5.82 Å². The highest BCUT2D eigenvalue weighted by Crippen LogP contribution is 2.26. The molecule has 5 heteroatoms. The van der Waals surface area contributed by atoms with Crippen LogP contribution in [0.4, 0.5) is 0 Å². The molecule has 0 aliphatic carbocycles. The Kier molecular flexibility index (Phi) is 3.96. The average Bonchev–Trinajstić information content (AvgIpc) is 2.89. The van der Waals surface area contributed by atoms with Crippen molar-refractivity contribution in [1.82, 2.24) is 15.3 Å². The molecule has 2 heterocycles. The third-order valence-electron chi connectivity index (χ3n) is 3.22. The van der Waals surface area contributed by atoms with Crippen LogP contribution in [0.25, 0.3) is 11.3 Å². The van der Waals surface area contributed by atoms with Gasteiger partial charge in [0.15, 0.2) is 0 Å². The molecule has 100 valence electrons. The van der Waals surface area contributed by atoms with Gasteiger partial charge in [-0.1, -0.05) is 34.1 Å². The van der Waals surface area contributed by atoms with Gasteiger partial charge in [0.25, 0.3) is 0 Å². The van der Waals surface area contributed by atoms with Gasteiger partial charge in [0.2, 0.25) is 0 Å². The lowest BCUT2D eigenvalue weighted by Crippen LogP contribution is -2.39. The van der Waals surface area contributed by atoms with E-state index in [4.69, 9.17) is 4.74 Å². The lowest BCUT2D eigenvalue weighted by atomic mass is 10.2. The number of ether oxygens (including phenoxy) is 1. The molecule has 4 nitrogen and oxygen atoms in total. The Morgan fingerprint density at radius 1 is 1.37 bits per heavy atom. The maximum Gasteiger partial charge on any atom is 0.109 e. The van der Waals surface area contributed by atoms with Crippen molar-refractivity contribution in [3.05, 3.63) is 40.8 Å². The summed E-state index contributed by atoms with van der Waals surface area (Å²) in [5.41, 5.74) is 2.16. The van der Waals surface area contributed by atoms with Crippen molar-refractivity contribution >= 4 is 15.9 Å². The third kappa shape index (κ3) is 3.05. The van der Waals surface area contributed by atoms with E-state index in [1.807, 2.05) is 24.4 Å². The Morgan fingerprint density at radius 2 is 2.26 bits per heavy atom. The molecule has 3 rings (SSSR count). The van der Waals surface area contributed by atoms with E-state index in [0.717, 1.165) is 47.7 Å². The molecule has 1 aliphatic rings. The lowest BCUT2D eigenvalue weighted by molar-refractivity contribution is 0.0281. The SMILES string of the molecule is Brc1ccccc1-c1cnc(CC2CNCCO2)[nH]1. The standard InChI is InChI=1S/C14H16BrN3O/c15-12-4-2-1-3-11(12)13-9-17-14(18-13)7-10-8-16-5-6-19-10/h1-4,9-10,16H,5-8H2,(H,17,18). The zero-order chi connectivity index (χ0) is 13.1. The van der Waals surface area contributed by atoms with Gasteiger partial charge in [0.1, 0.15) is 5.82 Å². The van der Waals surface area contributed by atoms with Crippen LogP contribution in [0.5, 0.6) is 0 Å². The first kappa shape index (κ1) is 12.8. The first-order chi connectivity index (χ1) is 9.33. The maximum atomic E-state index is 5.69. The van der Waals surface area contributed by atoms with Crippen LogP contribution in [0.3, 0.4) is 0 Å². The molecular formula is C14H16BrN3O. The van der Waals surface area contributed by atoms with Crippen molar-refractivity contribution < 1.29 is 4.74 Å². The van der Waals surface area contributed by atoms with Gasteiger partial charge in [-0.15, -0.1) is 0 Å². The number of morpholine rings is 1. The molecule has 1 atom stereocenters. The van der Waals surface area contributed by atoms with Gasteiger partial charge < -0.3 is 15.0 Å². The predicted molar refractivity (Wildman–Crippen MR) is 78.0 cm³/mol. The number of nitrogens with zero attached hydrogens (tertiary/aromatic N) is 1. The molecule has 1 aromatic carbocycles. The second-order valence-electron chi connectivity index (χ2n) is 4.62. The van der Waals surface area contributed by atoms with Gasteiger partial charge in [-0.25, -0.2) is 4.98 Å². The number of hydrogen-bond acceptors (Lipinski definition) is 3. The van der Waals surface area contributed by atoms with Crippen molar-refractivity contribution in [3.63, 3.8) is 0 Å². The molecule has 1 fully saturated rings. The highest BCUT2D eigenvalue weighted by Gasteiger charge is 2.16. The summed E-state index contributed by atoms with van der Waals surface area (Å²) in [5.74, 6) is 0.972. The molecule has 2 N–H and O–H groups in total. The molecular weight excluding hydrogens is 306 g/mol. The van der Waals surface area contributed by atoms with Crippen molar-refractivity contribution in [2.75, 3.05) is 19.7 Å². The van der Waals surface area contributed by atoms with Crippen LogP contribution < -0.4 is 5.32 Å². The van der Waals surface area contributed by atoms with Crippen LogP contribution in [0, 0.1) is 0 Å². The van der Waals surface area contributed by atoms with Crippen LogP contribution in [0.15, 0.2) is 34.9 Å². The first-order valence-corrected chi connectivity index (χ1v) is 7.23. The zero-order valence-corrected chi connectivity index (χ0v) is 12.1. The van der Waals surface area contributed by atoms with E-state index in [-0.39, 0.29) is 6.10 Å². The molecule has 1 aliphatic heterocycles. The second-order valence-corrected chi connectivity index (χ2v) is 5.48.